The normalized spacial score (nSPS) is 12.5. The van der Waals surface area contributed by atoms with Crippen molar-refractivity contribution in [1.29, 1.82) is 0 Å². The predicted octanol–water partition coefficient (Wildman–Crippen LogP) is -1.38. The lowest BCUT2D eigenvalue weighted by Crippen LogP contribution is -2.33. The number of primary amides is 1. The molecule has 0 saturated carbocycles. The summed E-state index contributed by atoms with van der Waals surface area (Å²) < 4.78 is 0. The topological polar surface area (TPSA) is 106 Å². The molecule has 0 aliphatic rings. The summed E-state index contributed by atoms with van der Waals surface area (Å²) >= 11 is 1.12. The van der Waals surface area contributed by atoms with Crippen molar-refractivity contribution in [1.82, 2.24) is 0 Å². The highest BCUT2D eigenvalue weighted by Crippen LogP contribution is 2.00. The fourth-order valence-corrected chi connectivity index (χ4v) is 1.07. The number of carbonyl (C=O) groups is 2. The minimum Gasteiger partial charge on any atom is -0.480 e. The predicted molar refractivity (Wildman–Crippen MR) is 42.1 cm³/mol. The molecule has 0 radical (unpaired) electrons. The number of carboxylic acids is 1. The van der Waals surface area contributed by atoms with Gasteiger partial charge in [0.2, 0.25) is 5.91 Å². The van der Waals surface area contributed by atoms with E-state index >= 15 is 0 Å². The SMILES string of the molecule is NC(=O)CSCC(N)C(=O)O. The first-order chi connectivity index (χ1) is 5.04. The largest absolute Gasteiger partial charge is 0.480 e. The molecule has 0 bridgehead atoms. The molecule has 0 fully saturated rings. The zero-order valence-corrected chi connectivity index (χ0v) is 6.63. The minimum absolute atomic E-state index is 0.112. The lowest BCUT2D eigenvalue weighted by Gasteiger charge is -2.03. The Hall–Kier alpha value is -0.750. The van der Waals surface area contributed by atoms with Crippen LogP contribution in [0.25, 0.3) is 0 Å². The summed E-state index contributed by atoms with van der Waals surface area (Å²) in [7, 11) is 0. The lowest BCUT2D eigenvalue weighted by molar-refractivity contribution is -0.137. The van der Waals surface area contributed by atoms with Gasteiger partial charge in [0, 0.05) is 5.75 Å². The van der Waals surface area contributed by atoms with Crippen LogP contribution in [-0.4, -0.2) is 34.5 Å². The van der Waals surface area contributed by atoms with Gasteiger partial charge >= 0.3 is 5.97 Å². The van der Waals surface area contributed by atoms with Crippen LogP contribution in [0.2, 0.25) is 0 Å². The van der Waals surface area contributed by atoms with Crippen LogP contribution in [0.4, 0.5) is 0 Å². The van der Waals surface area contributed by atoms with Crippen LogP contribution in [0.3, 0.4) is 0 Å². The maximum Gasteiger partial charge on any atom is 0.321 e. The second-order valence-corrected chi connectivity index (χ2v) is 2.96. The number of aliphatic carboxylic acids is 1. The molecule has 0 spiro atoms. The van der Waals surface area contributed by atoms with Gasteiger partial charge in [0.1, 0.15) is 6.04 Å². The summed E-state index contributed by atoms with van der Waals surface area (Å²) in [6.45, 7) is 0. The van der Waals surface area contributed by atoms with Crippen molar-refractivity contribution in [3.8, 4) is 0 Å². The van der Waals surface area contributed by atoms with Gasteiger partial charge in [0.15, 0.2) is 0 Å². The summed E-state index contributed by atoms with van der Waals surface area (Å²) in [6, 6.07) is -0.917. The van der Waals surface area contributed by atoms with Crippen LogP contribution in [0.5, 0.6) is 0 Å². The first-order valence-corrected chi connectivity index (χ1v) is 4.04. The van der Waals surface area contributed by atoms with E-state index in [9.17, 15) is 9.59 Å². The van der Waals surface area contributed by atoms with Gasteiger partial charge in [-0.05, 0) is 0 Å². The standard InChI is InChI=1S/C5H10N2O3S/c6-3(5(9)10)1-11-2-4(7)8/h3H,1-2,6H2,(H2,7,8)(H,9,10). The Morgan fingerprint density at radius 2 is 2.09 bits per heavy atom. The van der Waals surface area contributed by atoms with Gasteiger partial charge in [-0.3, -0.25) is 9.59 Å². The molecule has 0 saturated heterocycles. The van der Waals surface area contributed by atoms with Gasteiger partial charge in [-0.25, -0.2) is 0 Å². The first kappa shape index (κ1) is 10.2. The third-order valence-electron chi connectivity index (χ3n) is 0.859. The number of rotatable bonds is 5. The molecule has 5 N–H and O–H groups in total. The van der Waals surface area contributed by atoms with Gasteiger partial charge in [-0.15, -0.1) is 11.8 Å². The molecule has 1 atom stereocenters. The van der Waals surface area contributed by atoms with Crippen LogP contribution < -0.4 is 11.5 Å². The number of amides is 1. The Labute approximate surface area is 68.1 Å². The van der Waals surface area contributed by atoms with Crippen LogP contribution in [0.15, 0.2) is 0 Å². The molecule has 11 heavy (non-hydrogen) atoms. The second-order valence-electron chi connectivity index (χ2n) is 1.93. The molecule has 0 aromatic heterocycles. The van der Waals surface area contributed by atoms with Crippen molar-refractivity contribution in [2.75, 3.05) is 11.5 Å². The Bertz CT molecular complexity index is 162. The number of carbonyl (C=O) groups excluding carboxylic acids is 1. The smallest absolute Gasteiger partial charge is 0.321 e. The molecule has 1 unspecified atom stereocenters. The van der Waals surface area contributed by atoms with Crippen molar-refractivity contribution in [3.05, 3.63) is 0 Å². The van der Waals surface area contributed by atoms with Crippen molar-refractivity contribution >= 4 is 23.6 Å². The van der Waals surface area contributed by atoms with E-state index in [1.807, 2.05) is 0 Å². The van der Waals surface area contributed by atoms with Gasteiger partial charge in [-0.2, -0.15) is 0 Å². The number of carboxylic acid groups (broad SMARTS) is 1. The highest BCUT2D eigenvalue weighted by molar-refractivity contribution is 8.00. The highest BCUT2D eigenvalue weighted by Gasteiger charge is 2.10. The van der Waals surface area contributed by atoms with Crippen LogP contribution in [-0.2, 0) is 9.59 Å². The molecular weight excluding hydrogens is 168 g/mol. The van der Waals surface area contributed by atoms with Crippen molar-refractivity contribution < 1.29 is 14.7 Å². The summed E-state index contributed by atoms with van der Waals surface area (Å²) in [4.78, 5) is 20.3. The fourth-order valence-electron chi connectivity index (χ4n) is 0.358. The fraction of sp³-hybridized carbons (Fsp3) is 0.600. The number of hydrogen-bond acceptors (Lipinski definition) is 4. The third kappa shape index (κ3) is 5.68. The average Bonchev–Trinajstić information content (AvgIpc) is 1.86. The molecule has 5 nitrogen and oxygen atoms in total. The number of hydrogen-bond donors (Lipinski definition) is 3. The monoisotopic (exact) mass is 178 g/mol. The van der Waals surface area contributed by atoms with E-state index in [1.165, 1.54) is 0 Å². The molecule has 0 aromatic rings. The van der Waals surface area contributed by atoms with Crippen molar-refractivity contribution in [2.45, 2.75) is 6.04 Å². The molecular formula is C5H10N2O3S. The molecule has 0 aliphatic carbocycles. The van der Waals surface area contributed by atoms with Crippen molar-refractivity contribution in [3.63, 3.8) is 0 Å². The van der Waals surface area contributed by atoms with E-state index in [1.54, 1.807) is 0 Å². The van der Waals surface area contributed by atoms with Gasteiger partial charge in [0.25, 0.3) is 0 Å². The van der Waals surface area contributed by atoms with Gasteiger partial charge < -0.3 is 16.6 Å². The Kier molecular flexibility index (Phi) is 4.64. The van der Waals surface area contributed by atoms with E-state index in [-0.39, 0.29) is 11.5 Å². The molecule has 0 aliphatic heterocycles. The second kappa shape index (κ2) is 4.97. The third-order valence-corrected chi connectivity index (χ3v) is 1.94. The first-order valence-electron chi connectivity index (χ1n) is 2.88. The summed E-state index contributed by atoms with van der Waals surface area (Å²) in [6.07, 6.45) is 0. The number of nitrogens with two attached hydrogens (primary N) is 2. The summed E-state index contributed by atoms with van der Waals surface area (Å²) in [5, 5.41) is 8.29. The maximum atomic E-state index is 10.2. The van der Waals surface area contributed by atoms with E-state index in [4.69, 9.17) is 16.6 Å². The van der Waals surface area contributed by atoms with Crippen LogP contribution >= 0.6 is 11.8 Å². The maximum absolute atomic E-state index is 10.2. The summed E-state index contributed by atoms with van der Waals surface area (Å²) in [5.74, 6) is -1.21. The molecule has 0 heterocycles. The molecule has 6 heteroatoms. The lowest BCUT2D eigenvalue weighted by atomic mass is 10.4. The van der Waals surface area contributed by atoms with E-state index in [2.05, 4.69) is 0 Å². The van der Waals surface area contributed by atoms with Crippen molar-refractivity contribution in [2.24, 2.45) is 11.5 Å². The van der Waals surface area contributed by atoms with E-state index in [0.29, 0.717) is 0 Å². The van der Waals surface area contributed by atoms with E-state index < -0.39 is 17.9 Å². The quantitative estimate of drug-likeness (QED) is 0.481. The molecule has 1 amide bonds. The number of thioether (sulfide) groups is 1. The van der Waals surface area contributed by atoms with Gasteiger partial charge in [0.05, 0.1) is 5.75 Å². The molecule has 0 rings (SSSR count). The molecule has 0 aromatic carbocycles. The zero-order chi connectivity index (χ0) is 8.85. The zero-order valence-electron chi connectivity index (χ0n) is 5.82. The Morgan fingerprint density at radius 1 is 1.55 bits per heavy atom. The van der Waals surface area contributed by atoms with Crippen LogP contribution in [0, 0.1) is 0 Å². The summed E-state index contributed by atoms with van der Waals surface area (Å²) in [5.41, 5.74) is 9.94. The minimum atomic E-state index is -1.07. The Morgan fingerprint density at radius 3 is 2.45 bits per heavy atom. The average molecular weight is 178 g/mol. The van der Waals surface area contributed by atoms with Crippen LogP contribution in [0.1, 0.15) is 0 Å². The highest BCUT2D eigenvalue weighted by atomic mass is 32.2. The molecule has 64 valence electrons. The van der Waals surface area contributed by atoms with E-state index in [0.717, 1.165) is 11.8 Å². The Balaban J connectivity index is 3.39. The van der Waals surface area contributed by atoms with Gasteiger partial charge in [-0.1, -0.05) is 0 Å².